The number of likely N-dealkylation sites (tertiary alicyclic amines) is 1. The molecule has 2 heterocycles. The van der Waals surface area contributed by atoms with Crippen molar-refractivity contribution >= 4 is 28.6 Å². The number of pyridine rings is 1. The maximum absolute atomic E-state index is 12.7. The van der Waals surface area contributed by atoms with Crippen molar-refractivity contribution in [3.8, 4) is 11.5 Å². The second-order valence-corrected chi connectivity index (χ2v) is 7.91. The highest BCUT2D eigenvalue weighted by molar-refractivity contribution is 7.99. The van der Waals surface area contributed by atoms with Crippen molar-refractivity contribution in [2.75, 3.05) is 26.5 Å². The molecule has 1 aromatic heterocycles. The monoisotopic (exact) mass is 388 g/mol. The van der Waals surface area contributed by atoms with Crippen molar-refractivity contribution in [1.29, 1.82) is 0 Å². The fraction of sp³-hybridized carbons (Fsp3) is 0.524. The van der Waals surface area contributed by atoms with E-state index in [4.69, 9.17) is 14.5 Å². The SMILES string of the molecule is CC[C@H]1CCCCN1C(=O)CSc1nc2cc(OC)c(OC)cc2cc1C. The van der Waals surface area contributed by atoms with Gasteiger partial charge in [0.25, 0.3) is 0 Å². The van der Waals surface area contributed by atoms with Crippen LogP contribution in [-0.4, -0.2) is 48.4 Å². The molecule has 0 radical (unpaired) electrons. The van der Waals surface area contributed by atoms with Gasteiger partial charge in [-0.3, -0.25) is 4.79 Å². The number of amides is 1. The molecule has 1 aliphatic rings. The number of thioether (sulfide) groups is 1. The van der Waals surface area contributed by atoms with Crippen LogP contribution < -0.4 is 9.47 Å². The van der Waals surface area contributed by atoms with Crippen LogP contribution >= 0.6 is 11.8 Å². The Bertz CT molecular complexity index is 825. The largest absolute Gasteiger partial charge is 0.493 e. The van der Waals surface area contributed by atoms with Gasteiger partial charge in [0.05, 0.1) is 25.5 Å². The third kappa shape index (κ3) is 4.32. The zero-order chi connectivity index (χ0) is 19.4. The summed E-state index contributed by atoms with van der Waals surface area (Å²) in [5, 5.41) is 1.90. The van der Waals surface area contributed by atoms with Crippen molar-refractivity contribution in [3.05, 3.63) is 23.8 Å². The number of rotatable bonds is 6. The van der Waals surface area contributed by atoms with Crippen molar-refractivity contribution in [2.24, 2.45) is 0 Å². The minimum Gasteiger partial charge on any atom is -0.493 e. The van der Waals surface area contributed by atoms with E-state index in [1.165, 1.54) is 18.2 Å². The van der Waals surface area contributed by atoms with Gasteiger partial charge < -0.3 is 14.4 Å². The van der Waals surface area contributed by atoms with Crippen molar-refractivity contribution in [1.82, 2.24) is 9.88 Å². The standard InChI is InChI=1S/C21H28N2O3S/c1-5-16-8-6-7-9-23(16)20(24)13-27-21-14(2)10-15-11-18(25-3)19(26-4)12-17(15)22-21/h10-12,16H,5-9,13H2,1-4H3/t16-/m0/s1. The van der Waals surface area contributed by atoms with Gasteiger partial charge >= 0.3 is 0 Å². The molecule has 3 rings (SSSR count). The molecule has 27 heavy (non-hydrogen) atoms. The summed E-state index contributed by atoms with van der Waals surface area (Å²) in [6, 6.07) is 6.31. The lowest BCUT2D eigenvalue weighted by Gasteiger charge is -2.35. The Hall–Kier alpha value is -1.95. The number of methoxy groups -OCH3 is 2. The fourth-order valence-corrected chi connectivity index (χ4v) is 4.58. The molecule has 2 aromatic rings. The van der Waals surface area contributed by atoms with E-state index in [2.05, 4.69) is 17.9 Å². The molecule has 1 saturated heterocycles. The van der Waals surface area contributed by atoms with Gasteiger partial charge in [-0.15, -0.1) is 0 Å². The number of hydrogen-bond acceptors (Lipinski definition) is 5. The Morgan fingerprint density at radius 1 is 1.22 bits per heavy atom. The van der Waals surface area contributed by atoms with Gasteiger partial charge in [-0.25, -0.2) is 4.98 Å². The number of hydrogen-bond donors (Lipinski definition) is 0. The molecule has 1 aliphatic heterocycles. The average Bonchev–Trinajstić information content (AvgIpc) is 2.70. The highest BCUT2D eigenvalue weighted by atomic mass is 32.2. The molecule has 0 aliphatic carbocycles. The van der Waals surface area contributed by atoms with E-state index in [0.717, 1.165) is 47.3 Å². The predicted molar refractivity (Wildman–Crippen MR) is 110 cm³/mol. The van der Waals surface area contributed by atoms with E-state index in [-0.39, 0.29) is 5.91 Å². The fourth-order valence-electron chi connectivity index (χ4n) is 3.70. The van der Waals surface area contributed by atoms with E-state index in [0.29, 0.717) is 23.3 Å². The summed E-state index contributed by atoms with van der Waals surface area (Å²) in [5.41, 5.74) is 1.91. The van der Waals surface area contributed by atoms with Crippen LogP contribution in [0.5, 0.6) is 11.5 Å². The van der Waals surface area contributed by atoms with Gasteiger partial charge in [-0.05, 0) is 50.3 Å². The van der Waals surface area contributed by atoms with Gasteiger partial charge in [-0.2, -0.15) is 0 Å². The molecule has 1 amide bonds. The molecule has 0 bridgehead atoms. The van der Waals surface area contributed by atoms with Gasteiger partial charge in [-0.1, -0.05) is 18.7 Å². The number of carbonyl (C=O) groups excluding carboxylic acids is 1. The second kappa shape index (κ2) is 8.83. The Balaban J connectivity index is 1.78. The summed E-state index contributed by atoms with van der Waals surface area (Å²) in [6.45, 7) is 5.09. The summed E-state index contributed by atoms with van der Waals surface area (Å²) in [7, 11) is 3.25. The molecule has 0 spiro atoms. The highest BCUT2D eigenvalue weighted by Crippen LogP contribution is 2.34. The Labute approximate surface area is 165 Å². The number of piperidine rings is 1. The maximum atomic E-state index is 12.7. The number of fused-ring (bicyclic) bond motifs is 1. The number of aryl methyl sites for hydroxylation is 1. The first kappa shape index (κ1) is 19.8. The van der Waals surface area contributed by atoms with Crippen LogP contribution in [0.15, 0.2) is 23.2 Å². The minimum atomic E-state index is 0.222. The molecule has 0 N–H and O–H groups in total. The van der Waals surface area contributed by atoms with Gasteiger partial charge in [0.1, 0.15) is 5.03 Å². The molecule has 0 saturated carbocycles. The van der Waals surface area contributed by atoms with Crippen LogP contribution in [0.25, 0.3) is 10.9 Å². The summed E-state index contributed by atoms with van der Waals surface area (Å²) in [6.07, 6.45) is 4.50. The van der Waals surface area contributed by atoms with Crippen LogP contribution in [0.2, 0.25) is 0 Å². The molecule has 6 heteroatoms. The summed E-state index contributed by atoms with van der Waals surface area (Å²) >= 11 is 1.53. The van der Waals surface area contributed by atoms with Crippen LogP contribution in [0.3, 0.4) is 0 Å². The molecule has 5 nitrogen and oxygen atoms in total. The summed E-state index contributed by atoms with van der Waals surface area (Å²) in [5.74, 6) is 2.01. The topological polar surface area (TPSA) is 51.7 Å². The first-order chi connectivity index (χ1) is 13.1. The number of benzene rings is 1. The normalized spacial score (nSPS) is 17.2. The Morgan fingerprint density at radius 3 is 2.67 bits per heavy atom. The van der Waals surface area contributed by atoms with E-state index in [1.807, 2.05) is 19.1 Å². The summed E-state index contributed by atoms with van der Waals surface area (Å²) < 4.78 is 10.8. The highest BCUT2D eigenvalue weighted by Gasteiger charge is 2.25. The molecule has 1 atom stereocenters. The lowest BCUT2D eigenvalue weighted by atomic mass is 10.0. The zero-order valence-corrected chi connectivity index (χ0v) is 17.4. The molecule has 1 aromatic carbocycles. The molecular formula is C21H28N2O3S. The minimum absolute atomic E-state index is 0.222. The smallest absolute Gasteiger partial charge is 0.233 e. The first-order valence-electron chi connectivity index (χ1n) is 9.53. The summed E-state index contributed by atoms with van der Waals surface area (Å²) in [4.78, 5) is 19.6. The number of nitrogens with zero attached hydrogens (tertiary/aromatic N) is 2. The maximum Gasteiger partial charge on any atom is 0.233 e. The van der Waals surface area contributed by atoms with Crippen molar-refractivity contribution in [3.63, 3.8) is 0 Å². The lowest BCUT2D eigenvalue weighted by Crippen LogP contribution is -2.44. The van der Waals surface area contributed by atoms with Crippen LogP contribution in [0.4, 0.5) is 0 Å². The third-order valence-electron chi connectivity index (χ3n) is 5.22. The van der Waals surface area contributed by atoms with Gasteiger partial charge in [0, 0.05) is 24.0 Å². The van der Waals surface area contributed by atoms with Gasteiger partial charge in [0.2, 0.25) is 5.91 Å². The molecule has 1 fully saturated rings. The van der Waals surface area contributed by atoms with Crippen molar-refractivity contribution in [2.45, 2.75) is 50.6 Å². The quantitative estimate of drug-likeness (QED) is 0.685. The van der Waals surface area contributed by atoms with Crippen LogP contribution in [0.1, 0.15) is 38.2 Å². The molecular weight excluding hydrogens is 360 g/mol. The Kier molecular flexibility index (Phi) is 6.47. The van der Waals surface area contributed by atoms with E-state index in [1.54, 1.807) is 14.2 Å². The molecule has 0 unspecified atom stereocenters. The number of ether oxygens (including phenoxy) is 2. The third-order valence-corrected chi connectivity index (χ3v) is 6.29. The van der Waals surface area contributed by atoms with Gasteiger partial charge in [0.15, 0.2) is 11.5 Å². The number of aromatic nitrogens is 1. The van der Waals surface area contributed by atoms with Crippen molar-refractivity contribution < 1.29 is 14.3 Å². The zero-order valence-electron chi connectivity index (χ0n) is 16.6. The Morgan fingerprint density at radius 2 is 1.96 bits per heavy atom. The second-order valence-electron chi connectivity index (χ2n) is 6.94. The van der Waals surface area contributed by atoms with E-state index >= 15 is 0 Å². The van der Waals surface area contributed by atoms with E-state index < -0.39 is 0 Å². The average molecular weight is 389 g/mol. The number of carbonyl (C=O) groups is 1. The molecule has 146 valence electrons. The first-order valence-corrected chi connectivity index (χ1v) is 10.5. The lowest BCUT2D eigenvalue weighted by molar-refractivity contribution is -0.132. The predicted octanol–water partition coefficient (Wildman–Crippen LogP) is 4.44. The van der Waals surface area contributed by atoms with Crippen LogP contribution in [0, 0.1) is 6.92 Å². The van der Waals surface area contributed by atoms with E-state index in [9.17, 15) is 4.79 Å². The van der Waals surface area contributed by atoms with Crippen LogP contribution in [-0.2, 0) is 4.79 Å².